The molecule has 3 atom stereocenters. The first kappa shape index (κ1) is 13.9. The van der Waals surface area contributed by atoms with Crippen LogP contribution in [0.15, 0.2) is 11.0 Å². The summed E-state index contributed by atoms with van der Waals surface area (Å²) < 4.78 is 19.8. The predicted molar refractivity (Wildman–Crippen MR) is 60.7 cm³/mol. The average molecular weight is 275 g/mol. The van der Waals surface area contributed by atoms with Gasteiger partial charge in [0.15, 0.2) is 11.6 Å². The van der Waals surface area contributed by atoms with Crippen molar-refractivity contribution in [2.45, 2.75) is 24.9 Å². The van der Waals surface area contributed by atoms with Crippen molar-refractivity contribution in [3.05, 3.63) is 22.5 Å². The Morgan fingerprint density at radius 1 is 1.74 bits per heavy atom. The lowest BCUT2D eigenvalue weighted by Gasteiger charge is -2.15. The first-order chi connectivity index (χ1) is 9.06. The lowest BCUT2D eigenvalue weighted by Crippen LogP contribution is -2.29. The zero-order valence-electron chi connectivity index (χ0n) is 10.1. The van der Waals surface area contributed by atoms with Crippen LogP contribution in [0.5, 0.6) is 0 Å². The molecule has 1 saturated heterocycles. The van der Waals surface area contributed by atoms with Gasteiger partial charge in [-0.1, -0.05) is 0 Å². The molecular weight excluding hydrogens is 261 g/mol. The molecule has 8 nitrogen and oxygen atoms in total. The third-order valence-corrected chi connectivity index (χ3v) is 2.80. The van der Waals surface area contributed by atoms with E-state index >= 15 is 0 Å². The molecule has 1 aromatic rings. The van der Waals surface area contributed by atoms with Crippen LogP contribution in [0, 0.1) is 5.82 Å². The SMILES string of the molecule is CONc1nc(=O)n([C@H]2C[C@@H](O)C(CO)O2)cc1F. The molecule has 0 saturated carbocycles. The average Bonchev–Trinajstić information content (AvgIpc) is 2.75. The number of aliphatic hydroxyl groups excluding tert-OH is 2. The summed E-state index contributed by atoms with van der Waals surface area (Å²) in [7, 11) is 1.26. The molecule has 1 unspecified atom stereocenters. The molecule has 106 valence electrons. The number of aromatic nitrogens is 2. The van der Waals surface area contributed by atoms with E-state index in [0.717, 1.165) is 10.8 Å². The van der Waals surface area contributed by atoms with Crippen LogP contribution < -0.4 is 11.2 Å². The third-order valence-electron chi connectivity index (χ3n) is 2.80. The first-order valence-corrected chi connectivity index (χ1v) is 5.59. The van der Waals surface area contributed by atoms with Crippen LogP contribution in [0.4, 0.5) is 10.2 Å². The normalized spacial score (nSPS) is 26.6. The Hall–Kier alpha value is -1.55. The summed E-state index contributed by atoms with van der Waals surface area (Å²) in [6, 6.07) is 0. The van der Waals surface area contributed by atoms with Gasteiger partial charge in [0.1, 0.15) is 12.3 Å². The summed E-state index contributed by atoms with van der Waals surface area (Å²) in [6.07, 6.45) is -1.59. The number of aliphatic hydroxyl groups is 2. The van der Waals surface area contributed by atoms with Crippen LogP contribution in [0.25, 0.3) is 0 Å². The second kappa shape index (κ2) is 5.61. The first-order valence-electron chi connectivity index (χ1n) is 5.59. The van der Waals surface area contributed by atoms with Gasteiger partial charge < -0.3 is 14.9 Å². The van der Waals surface area contributed by atoms with Crippen molar-refractivity contribution in [2.24, 2.45) is 0 Å². The third kappa shape index (κ3) is 2.73. The molecule has 0 bridgehead atoms. The molecule has 2 heterocycles. The molecule has 19 heavy (non-hydrogen) atoms. The molecule has 0 radical (unpaired) electrons. The number of halogens is 1. The number of hydrogen-bond acceptors (Lipinski definition) is 7. The van der Waals surface area contributed by atoms with Gasteiger partial charge in [0.25, 0.3) is 0 Å². The summed E-state index contributed by atoms with van der Waals surface area (Å²) in [6.45, 7) is -0.383. The van der Waals surface area contributed by atoms with Crippen LogP contribution >= 0.6 is 0 Å². The lowest BCUT2D eigenvalue weighted by molar-refractivity contribution is -0.0461. The maximum Gasteiger partial charge on any atom is 0.351 e. The molecule has 3 N–H and O–H groups in total. The standard InChI is InChI=1S/C10H14FN3O5/c1-18-13-9-5(11)3-14(10(17)12-9)8-2-6(16)7(4-15)19-8/h3,6-8,15-16H,2,4H2,1H3,(H,12,13,17)/t6-,7?,8-/m1/s1. The Balaban J connectivity index is 2.27. The monoisotopic (exact) mass is 275 g/mol. The zero-order valence-corrected chi connectivity index (χ0v) is 10.1. The minimum atomic E-state index is -0.915. The number of hydrogen-bond donors (Lipinski definition) is 3. The van der Waals surface area contributed by atoms with Crippen molar-refractivity contribution in [1.82, 2.24) is 9.55 Å². The van der Waals surface area contributed by atoms with Gasteiger partial charge >= 0.3 is 5.69 Å². The fourth-order valence-electron chi connectivity index (χ4n) is 1.87. The summed E-state index contributed by atoms with van der Waals surface area (Å²) in [4.78, 5) is 19.7. The van der Waals surface area contributed by atoms with Crippen molar-refractivity contribution in [2.75, 3.05) is 19.2 Å². The zero-order chi connectivity index (χ0) is 14.0. The summed E-state index contributed by atoms with van der Waals surface area (Å²) in [5.41, 5.74) is 1.38. The second-order valence-corrected chi connectivity index (χ2v) is 4.05. The molecule has 0 aliphatic carbocycles. The molecular formula is C10H14FN3O5. The molecule has 1 aliphatic rings. The lowest BCUT2D eigenvalue weighted by atomic mass is 10.2. The quantitative estimate of drug-likeness (QED) is 0.605. The topological polar surface area (TPSA) is 106 Å². The maximum atomic E-state index is 13.6. The molecule has 0 spiro atoms. The van der Waals surface area contributed by atoms with Gasteiger partial charge in [-0.2, -0.15) is 4.98 Å². The van der Waals surface area contributed by atoms with Gasteiger partial charge in [-0.15, -0.1) is 0 Å². The molecule has 0 amide bonds. The van der Waals surface area contributed by atoms with Crippen LogP contribution in [0.1, 0.15) is 12.6 Å². The van der Waals surface area contributed by atoms with Gasteiger partial charge in [0.05, 0.1) is 26.0 Å². The Morgan fingerprint density at radius 2 is 2.47 bits per heavy atom. The molecule has 0 aromatic carbocycles. The van der Waals surface area contributed by atoms with Crippen LogP contribution in [0.3, 0.4) is 0 Å². The summed E-state index contributed by atoms with van der Waals surface area (Å²) >= 11 is 0. The van der Waals surface area contributed by atoms with E-state index in [9.17, 15) is 14.3 Å². The molecule has 2 rings (SSSR count). The van der Waals surface area contributed by atoms with E-state index in [1.54, 1.807) is 0 Å². The number of nitrogens with zero attached hydrogens (tertiary/aromatic N) is 2. The Morgan fingerprint density at radius 3 is 3.05 bits per heavy atom. The highest BCUT2D eigenvalue weighted by Gasteiger charge is 2.35. The Kier molecular flexibility index (Phi) is 4.10. The van der Waals surface area contributed by atoms with Crippen LogP contribution in [-0.2, 0) is 9.57 Å². The summed E-state index contributed by atoms with van der Waals surface area (Å²) in [5.74, 6) is -1.13. The van der Waals surface area contributed by atoms with Gasteiger partial charge in [-0.05, 0) is 0 Å². The second-order valence-electron chi connectivity index (χ2n) is 4.05. The minimum absolute atomic E-state index is 0.0727. The van der Waals surface area contributed by atoms with Crippen molar-refractivity contribution >= 4 is 5.82 Å². The molecule has 1 aromatic heterocycles. The van der Waals surface area contributed by atoms with Gasteiger partial charge in [0, 0.05) is 6.42 Å². The van der Waals surface area contributed by atoms with E-state index in [4.69, 9.17) is 9.84 Å². The highest BCUT2D eigenvalue weighted by molar-refractivity contribution is 5.31. The van der Waals surface area contributed by atoms with E-state index in [2.05, 4.69) is 15.3 Å². The smallest absolute Gasteiger partial charge is 0.351 e. The number of anilines is 1. The van der Waals surface area contributed by atoms with Crippen LogP contribution in [-0.4, -0.2) is 45.7 Å². The fourth-order valence-corrected chi connectivity index (χ4v) is 1.87. The minimum Gasteiger partial charge on any atom is -0.394 e. The van der Waals surface area contributed by atoms with E-state index in [-0.39, 0.29) is 18.8 Å². The largest absolute Gasteiger partial charge is 0.394 e. The van der Waals surface area contributed by atoms with Crippen molar-refractivity contribution in [3.8, 4) is 0 Å². The van der Waals surface area contributed by atoms with Gasteiger partial charge in [-0.25, -0.2) is 14.7 Å². The van der Waals surface area contributed by atoms with Crippen LogP contribution in [0.2, 0.25) is 0 Å². The molecule has 9 heteroatoms. The van der Waals surface area contributed by atoms with E-state index in [0.29, 0.717) is 0 Å². The number of nitrogens with one attached hydrogen (secondary N) is 1. The van der Waals surface area contributed by atoms with E-state index in [1.807, 2.05) is 0 Å². The maximum absolute atomic E-state index is 13.6. The molecule has 1 aliphatic heterocycles. The van der Waals surface area contributed by atoms with Crippen molar-refractivity contribution < 1.29 is 24.2 Å². The van der Waals surface area contributed by atoms with Gasteiger partial charge in [0.2, 0.25) is 0 Å². The highest BCUT2D eigenvalue weighted by atomic mass is 19.1. The predicted octanol–water partition coefficient (Wildman–Crippen LogP) is -1.00. The number of ether oxygens (including phenoxy) is 1. The fraction of sp³-hybridized carbons (Fsp3) is 0.600. The van der Waals surface area contributed by atoms with Crippen molar-refractivity contribution in [1.29, 1.82) is 0 Å². The van der Waals surface area contributed by atoms with Crippen molar-refractivity contribution in [3.63, 3.8) is 0 Å². The van der Waals surface area contributed by atoms with E-state index < -0.39 is 29.9 Å². The Bertz CT molecular complexity index is 508. The van der Waals surface area contributed by atoms with Gasteiger partial charge in [-0.3, -0.25) is 9.40 Å². The summed E-state index contributed by atoms with van der Waals surface area (Å²) in [5, 5.41) is 18.5. The molecule has 1 fully saturated rings. The number of rotatable bonds is 4. The Labute approximate surface area is 107 Å². The highest BCUT2D eigenvalue weighted by Crippen LogP contribution is 2.27. The van der Waals surface area contributed by atoms with E-state index in [1.165, 1.54) is 7.11 Å².